The van der Waals surface area contributed by atoms with Crippen molar-refractivity contribution in [1.82, 2.24) is 5.06 Å². The third-order valence-corrected chi connectivity index (χ3v) is 2.87. The third kappa shape index (κ3) is 2.79. The number of hydroxylamine groups is 2. The van der Waals surface area contributed by atoms with Gasteiger partial charge < -0.3 is 5.21 Å². The Hall–Kier alpha value is -0.380. The topological polar surface area (TPSA) is 23.5 Å². The van der Waals surface area contributed by atoms with Crippen LogP contribution in [0.1, 0.15) is 16.7 Å². The summed E-state index contributed by atoms with van der Waals surface area (Å²) in [5.74, 6) is 0. The molecule has 13 heavy (non-hydrogen) atoms. The predicted octanol–water partition coefficient (Wildman–Crippen LogP) is 2.89. The second-order valence-electron chi connectivity index (χ2n) is 3.34. The summed E-state index contributed by atoms with van der Waals surface area (Å²) in [6.07, 6.45) is 0. The average molecular weight is 244 g/mol. The molecule has 0 saturated carbocycles. The van der Waals surface area contributed by atoms with Crippen LogP contribution in [-0.4, -0.2) is 17.3 Å². The van der Waals surface area contributed by atoms with Gasteiger partial charge in [-0.1, -0.05) is 22.0 Å². The molecule has 1 rings (SSSR count). The zero-order valence-electron chi connectivity index (χ0n) is 8.13. The lowest BCUT2D eigenvalue weighted by atomic mass is 10.1. The van der Waals surface area contributed by atoms with E-state index in [9.17, 15) is 0 Å². The molecule has 0 fully saturated rings. The summed E-state index contributed by atoms with van der Waals surface area (Å²) < 4.78 is 1.12. The number of rotatable bonds is 2. The van der Waals surface area contributed by atoms with E-state index >= 15 is 0 Å². The molecular formula is C10H14BrNO. The van der Waals surface area contributed by atoms with Crippen molar-refractivity contribution in [2.24, 2.45) is 0 Å². The van der Waals surface area contributed by atoms with E-state index in [1.807, 2.05) is 13.8 Å². The average Bonchev–Trinajstić information content (AvgIpc) is 1.99. The maximum atomic E-state index is 9.11. The van der Waals surface area contributed by atoms with Crippen molar-refractivity contribution >= 4 is 15.9 Å². The molecule has 1 aromatic rings. The quantitative estimate of drug-likeness (QED) is 0.808. The van der Waals surface area contributed by atoms with Gasteiger partial charge in [0, 0.05) is 18.1 Å². The van der Waals surface area contributed by atoms with Crippen molar-refractivity contribution < 1.29 is 5.21 Å². The van der Waals surface area contributed by atoms with Crippen LogP contribution < -0.4 is 0 Å². The fourth-order valence-corrected chi connectivity index (χ4v) is 1.72. The Bertz CT molecular complexity index is 310. The van der Waals surface area contributed by atoms with Gasteiger partial charge in [-0.05, 0) is 36.6 Å². The summed E-state index contributed by atoms with van der Waals surface area (Å²) in [7, 11) is 1.65. The number of hydrogen-bond acceptors (Lipinski definition) is 2. The van der Waals surface area contributed by atoms with Gasteiger partial charge in [-0.15, -0.1) is 0 Å². The minimum atomic E-state index is 0.569. The van der Waals surface area contributed by atoms with Gasteiger partial charge in [-0.25, -0.2) is 0 Å². The molecule has 0 radical (unpaired) electrons. The van der Waals surface area contributed by atoms with E-state index in [4.69, 9.17) is 5.21 Å². The highest BCUT2D eigenvalue weighted by Crippen LogP contribution is 2.21. The molecule has 0 aliphatic heterocycles. The van der Waals surface area contributed by atoms with Crippen LogP contribution in [0.25, 0.3) is 0 Å². The van der Waals surface area contributed by atoms with E-state index in [-0.39, 0.29) is 0 Å². The maximum absolute atomic E-state index is 9.11. The number of hydrogen-bond donors (Lipinski definition) is 1. The van der Waals surface area contributed by atoms with Gasteiger partial charge in [-0.3, -0.25) is 0 Å². The zero-order chi connectivity index (χ0) is 10.0. The van der Waals surface area contributed by atoms with E-state index in [0.717, 1.165) is 10.0 Å². The molecule has 0 atom stereocenters. The molecule has 1 N–H and O–H groups in total. The first-order valence-corrected chi connectivity index (χ1v) is 4.95. The number of nitrogens with zero attached hydrogens (tertiary/aromatic N) is 1. The van der Waals surface area contributed by atoms with Crippen LogP contribution in [0.3, 0.4) is 0 Å². The van der Waals surface area contributed by atoms with Gasteiger partial charge in [0.25, 0.3) is 0 Å². The number of benzene rings is 1. The molecule has 1 aromatic carbocycles. The van der Waals surface area contributed by atoms with E-state index in [1.165, 1.54) is 16.2 Å². The third-order valence-electron chi connectivity index (χ3n) is 2.02. The van der Waals surface area contributed by atoms with Crippen molar-refractivity contribution in [3.63, 3.8) is 0 Å². The fraction of sp³-hybridized carbons (Fsp3) is 0.400. The van der Waals surface area contributed by atoms with Crippen molar-refractivity contribution in [1.29, 1.82) is 0 Å². The highest BCUT2D eigenvalue weighted by Gasteiger charge is 2.03. The number of halogens is 1. The molecular weight excluding hydrogens is 230 g/mol. The molecule has 0 aromatic heterocycles. The molecule has 0 aliphatic rings. The summed E-state index contributed by atoms with van der Waals surface area (Å²) in [6.45, 7) is 4.66. The lowest BCUT2D eigenvalue weighted by molar-refractivity contribution is -0.0732. The van der Waals surface area contributed by atoms with E-state index < -0.39 is 0 Å². The predicted molar refractivity (Wildman–Crippen MR) is 56.9 cm³/mol. The van der Waals surface area contributed by atoms with Crippen LogP contribution in [0.5, 0.6) is 0 Å². The molecule has 0 amide bonds. The molecule has 3 heteroatoms. The molecule has 0 saturated heterocycles. The summed E-state index contributed by atoms with van der Waals surface area (Å²) in [5.41, 5.74) is 3.55. The van der Waals surface area contributed by atoms with Crippen LogP contribution in [-0.2, 0) is 6.54 Å². The first-order valence-electron chi connectivity index (χ1n) is 4.16. The largest absolute Gasteiger partial charge is 0.314 e. The molecule has 0 spiro atoms. The van der Waals surface area contributed by atoms with Crippen LogP contribution in [0.4, 0.5) is 0 Å². The monoisotopic (exact) mass is 243 g/mol. The van der Waals surface area contributed by atoms with E-state index in [1.54, 1.807) is 7.05 Å². The minimum Gasteiger partial charge on any atom is -0.314 e. The first-order chi connectivity index (χ1) is 6.00. The van der Waals surface area contributed by atoms with Gasteiger partial charge in [0.15, 0.2) is 0 Å². The van der Waals surface area contributed by atoms with Crippen molar-refractivity contribution in [3.8, 4) is 0 Å². The Morgan fingerprint density at radius 3 is 2.46 bits per heavy atom. The molecule has 72 valence electrons. The second-order valence-corrected chi connectivity index (χ2v) is 4.20. The van der Waals surface area contributed by atoms with Crippen molar-refractivity contribution in [2.45, 2.75) is 20.4 Å². The molecule has 0 heterocycles. The molecule has 0 aliphatic carbocycles. The Balaban J connectivity index is 3.01. The molecule has 2 nitrogen and oxygen atoms in total. The second kappa shape index (κ2) is 4.22. The van der Waals surface area contributed by atoms with E-state index in [2.05, 4.69) is 28.1 Å². The van der Waals surface area contributed by atoms with Crippen LogP contribution in [0.2, 0.25) is 0 Å². The molecule has 0 bridgehead atoms. The first kappa shape index (κ1) is 10.7. The number of aryl methyl sites for hydroxylation is 2. The normalized spacial score (nSPS) is 10.9. The lowest BCUT2D eigenvalue weighted by Crippen LogP contribution is -2.12. The zero-order valence-corrected chi connectivity index (χ0v) is 9.72. The van der Waals surface area contributed by atoms with Crippen molar-refractivity contribution in [2.75, 3.05) is 7.05 Å². The summed E-state index contributed by atoms with van der Waals surface area (Å²) >= 11 is 3.47. The highest BCUT2D eigenvalue weighted by molar-refractivity contribution is 9.10. The summed E-state index contributed by atoms with van der Waals surface area (Å²) in [6, 6.07) is 4.17. The SMILES string of the molecule is Cc1cc(CN(C)O)c(C)cc1Br. The summed E-state index contributed by atoms with van der Waals surface area (Å²) in [4.78, 5) is 0. The van der Waals surface area contributed by atoms with Gasteiger partial charge in [0.2, 0.25) is 0 Å². The van der Waals surface area contributed by atoms with Crippen LogP contribution in [0.15, 0.2) is 16.6 Å². The maximum Gasteiger partial charge on any atom is 0.0488 e. The van der Waals surface area contributed by atoms with E-state index in [0.29, 0.717) is 6.54 Å². The van der Waals surface area contributed by atoms with Gasteiger partial charge in [0.05, 0.1) is 0 Å². The van der Waals surface area contributed by atoms with Crippen LogP contribution in [0, 0.1) is 13.8 Å². The van der Waals surface area contributed by atoms with Gasteiger partial charge in [-0.2, -0.15) is 5.06 Å². The summed E-state index contributed by atoms with van der Waals surface area (Å²) in [5, 5.41) is 10.3. The Morgan fingerprint density at radius 1 is 1.31 bits per heavy atom. The van der Waals surface area contributed by atoms with Gasteiger partial charge >= 0.3 is 0 Å². The minimum absolute atomic E-state index is 0.569. The Morgan fingerprint density at radius 2 is 1.92 bits per heavy atom. The smallest absolute Gasteiger partial charge is 0.0488 e. The highest BCUT2D eigenvalue weighted by atomic mass is 79.9. The Labute approximate surface area is 87.3 Å². The molecule has 0 unspecified atom stereocenters. The lowest BCUT2D eigenvalue weighted by Gasteiger charge is -2.12. The Kier molecular flexibility index (Phi) is 3.47. The standard InChI is InChI=1S/C10H14BrNO/c1-7-5-10(11)8(2)4-9(7)6-12(3)13/h4-5,13H,6H2,1-3H3. The van der Waals surface area contributed by atoms with Gasteiger partial charge in [0.1, 0.15) is 0 Å². The van der Waals surface area contributed by atoms with Crippen LogP contribution >= 0.6 is 15.9 Å². The van der Waals surface area contributed by atoms with Crippen molar-refractivity contribution in [3.05, 3.63) is 33.3 Å². The fourth-order valence-electron chi connectivity index (χ4n) is 1.26.